The predicted octanol–water partition coefficient (Wildman–Crippen LogP) is 2.74. The van der Waals surface area contributed by atoms with Crippen molar-refractivity contribution in [3.05, 3.63) is 35.4 Å². The van der Waals surface area contributed by atoms with Crippen LogP contribution in [0.15, 0.2) is 18.2 Å². The highest BCUT2D eigenvalue weighted by Gasteiger charge is 2.42. The lowest BCUT2D eigenvalue weighted by atomic mass is 9.83. The molecule has 2 rings (SSSR count). The van der Waals surface area contributed by atoms with Gasteiger partial charge in [0.25, 0.3) is 0 Å². The first-order chi connectivity index (χ1) is 9.97. The summed E-state index contributed by atoms with van der Waals surface area (Å²) in [7, 11) is 0. The number of hydrogen-bond donors (Lipinski definition) is 1. The lowest BCUT2D eigenvalue weighted by molar-refractivity contribution is -0.152. The third kappa shape index (κ3) is 2.89. The normalized spacial score (nSPS) is 22.4. The number of piperidine rings is 1. The van der Waals surface area contributed by atoms with Gasteiger partial charge in [-0.1, -0.05) is 13.0 Å². The highest BCUT2D eigenvalue weighted by atomic mass is 19.1. The minimum atomic E-state index is -1.14. The van der Waals surface area contributed by atoms with E-state index in [0.717, 1.165) is 12.1 Å². The number of halogens is 2. The number of nitrogens with zero attached hydrogens (tertiary/aromatic N) is 1. The van der Waals surface area contributed by atoms with Crippen LogP contribution in [-0.4, -0.2) is 28.4 Å². The summed E-state index contributed by atoms with van der Waals surface area (Å²) < 4.78 is 28.1. The zero-order valence-corrected chi connectivity index (χ0v) is 11.7. The Labute approximate surface area is 121 Å². The van der Waals surface area contributed by atoms with E-state index in [2.05, 4.69) is 0 Å². The number of rotatable bonds is 4. The van der Waals surface area contributed by atoms with E-state index >= 15 is 0 Å². The van der Waals surface area contributed by atoms with E-state index in [9.17, 15) is 23.5 Å². The maximum atomic E-state index is 14.0. The smallest absolute Gasteiger partial charge is 0.308 e. The van der Waals surface area contributed by atoms with Crippen LogP contribution in [0.5, 0.6) is 0 Å². The molecular weight excluding hydrogens is 280 g/mol. The van der Waals surface area contributed by atoms with Crippen LogP contribution in [0.25, 0.3) is 0 Å². The lowest BCUT2D eigenvalue weighted by Gasteiger charge is -2.39. The van der Waals surface area contributed by atoms with Crippen LogP contribution >= 0.6 is 0 Å². The monoisotopic (exact) mass is 297 g/mol. The van der Waals surface area contributed by atoms with E-state index in [4.69, 9.17) is 0 Å². The standard InChI is InChI=1S/C15H17F2NO3/c1-2-8-18-12(19)7-6-9(15(20)21)14(18)13-10(16)4-3-5-11(13)17/h3-5,9,14H,2,6-8H2,1H3,(H,20,21). The Morgan fingerprint density at radius 1 is 1.38 bits per heavy atom. The number of benzene rings is 1. The minimum Gasteiger partial charge on any atom is -0.481 e. The molecule has 1 heterocycles. The number of carbonyl (C=O) groups excluding carboxylic acids is 1. The summed E-state index contributed by atoms with van der Waals surface area (Å²) in [5.74, 6) is -4.04. The summed E-state index contributed by atoms with van der Waals surface area (Å²) in [6.07, 6.45) is 0.765. The Hall–Kier alpha value is -1.98. The molecule has 0 radical (unpaired) electrons. The molecule has 0 aromatic heterocycles. The summed E-state index contributed by atoms with van der Waals surface area (Å²) >= 11 is 0. The Bertz CT molecular complexity index is 542. The van der Waals surface area contributed by atoms with Crippen molar-refractivity contribution in [2.24, 2.45) is 5.92 Å². The maximum absolute atomic E-state index is 14.0. The maximum Gasteiger partial charge on any atom is 0.308 e. The Kier molecular flexibility index (Phi) is 4.55. The van der Waals surface area contributed by atoms with Crippen LogP contribution in [0.1, 0.15) is 37.8 Å². The number of hydrogen-bond acceptors (Lipinski definition) is 2. The Balaban J connectivity index is 2.54. The van der Waals surface area contributed by atoms with Crippen molar-refractivity contribution in [2.45, 2.75) is 32.2 Å². The van der Waals surface area contributed by atoms with Gasteiger partial charge in [0, 0.05) is 18.5 Å². The molecule has 2 unspecified atom stereocenters. The second-order valence-corrected chi connectivity index (χ2v) is 5.15. The van der Waals surface area contributed by atoms with Gasteiger partial charge in [-0.25, -0.2) is 8.78 Å². The first kappa shape index (κ1) is 15.4. The Morgan fingerprint density at radius 2 is 2.00 bits per heavy atom. The van der Waals surface area contributed by atoms with E-state index in [0.29, 0.717) is 6.42 Å². The van der Waals surface area contributed by atoms with E-state index in [1.54, 1.807) is 0 Å². The molecule has 0 aliphatic carbocycles. The van der Waals surface area contributed by atoms with Gasteiger partial charge >= 0.3 is 5.97 Å². The minimum absolute atomic E-state index is 0.0868. The first-order valence-corrected chi connectivity index (χ1v) is 6.93. The van der Waals surface area contributed by atoms with Gasteiger partial charge < -0.3 is 10.0 Å². The average molecular weight is 297 g/mol. The van der Waals surface area contributed by atoms with Crippen molar-refractivity contribution >= 4 is 11.9 Å². The van der Waals surface area contributed by atoms with Crippen LogP contribution < -0.4 is 0 Å². The summed E-state index contributed by atoms with van der Waals surface area (Å²) in [4.78, 5) is 24.8. The van der Waals surface area contributed by atoms with Crippen LogP contribution in [0.2, 0.25) is 0 Å². The van der Waals surface area contributed by atoms with Gasteiger partial charge in [0.1, 0.15) is 11.6 Å². The van der Waals surface area contributed by atoms with Gasteiger partial charge in [0.05, 0.1) is 12.0 Å². The number of amides is 1. The van der Waals surface area contributed by atoms with Crippen molar-refractivity contribution in [2.75, 3.05) is 6.54 Å². The summed E-state index contributed by atoms with van der Waals surface area (Å²) in [6, 6.07) is 2.30. The van der Waals surface area contributed by atoms with E-state index < -0.39 is 29.6 Å². The summed E-state index contributed by atoms with van der Waals surface area (Å²) in [6.45, 7) is 2.10. The van der Waals surface area contributed by atoms with Gasteiger partial charge in [-0.05, 0) is 25.0 Å². The molecule has 1 N–H and O–H groups in total. The molecule has 1 aliphatic rings. The molecule has 1 fully saturated rings. The molecule has 1 aromatic carbocycles. The summed E-state index contributed by atoms with van der Waals surface area (Å²) in [5, 5.41) is 9.34. The van der Waals surface area contributed by atoms with Crippen molar-refractivity contribution in [1.82, 2.24) is 4.90 Å². The molecule has 6 heteroatoms. The van der Waals surface area contributed by atoms with Crippen LogP contribution in [0, 0.1) is 17.6 Å². The zero-order chi connectivity index (χ0) is 15.6. The van der Waals surface area contributed by atoms with E-state index in [-0.39, 0.29) is 30.9 Å². The second kappa shape index (κ2) is 6.20. The Morgan fingerprint density at radius 3 is 2.52 bits per heavy atom. The predicted molar refractivity (Wildman–Crippen MR) is 71.5 cm³/mol. The van der Waals surface area contributed by atoms with Crippen LogP contribution in [-0.2, 0) is 9.59 Å². The molecule has 21 heavy (non-hydrogen) atoms. The molecular formula is C15H17F2NO3. The van der Waals surface area contributed by atoms with E-state index in [1.165, 1.54) is 11.0 Å². The fraction of sp³-hybridized carbons (Fsp3) is 0.467. The topological polar surface area (TPSA) is 57.6 Å². The van der Waals surface area contributed by atoms with Gasteiger partial charge in [-0.3, -0.25) is 9.59 Å². The molecule has 4 nitrogen and oxygen atoms in total. The SMILES string of the molecule is CCCN1C(=O)CCC(C(=O)O)C1c1c(F)cccc1F. The molecule has 1 saturated heterocycles. The number of carbonyl (C=O) groups is 2. The average Bonchev–Trinajstić information content (AvgIpc) is 2.42. The van der Waals surface area contributed by atoms with Crippen molar-refractivity contribution < 1.29 is 23.5 Å². The molecule has 1 aliphatic heterocycles. The largest absolute Gasteiger partial charge is 0.481 e. The first-order valence-electron chi connectivity index (χ1n) is 6.93. The number of carboxylic acids is 1. The van der Waals surface area contributed by atoms with Gasteiger partial charge in [-0.15, -0.1) is 0 Å². The zero-order valence-electron chi connectivity index (χ0n) is 11.7. The molecule has 0 bridgehead atoms. The van der Waals surface area contributed by atoms with Gasteiger partial charge in [-0.2, -0.15) is 0 Å². The molecule has 1 aromatic rings. The van der Waals surface area contributed by atoms with E-state index in [1.807, 2.05) is 6.92 Å². The molecule has 0 spiro atoms. The highest BCUT2D eigenvalue weighted by molar-refractivity contribution is 5.81. The van der Waals surface area contributed by atoms with Gasteiger partial charge in [0.2, 0.25) is 5.91 Å². The molecule has 0 saturated carbocycles. The molecule has 1 amide bonds. The second-order valence-electron chi connectivity index (χ2n) is 5.15. The fourth-order valence-electron chi connectivity index (χ4n) is 2.87. The number of likely N-dealkylation sites (tertiary alicyclic amines) is 1. The fourth-order valence-corrected chi connectivity index (χ4v) is 2.87. The quantitative estimate of drug-likeness (QED) is 0.929. The number of aliphatic carboxylic acids is 1. The molecule has 114 valence electrons. The van der Waals surface area contributed by atoms with Crippen molar-refractivity contribution in [1.29, 1.82) is 0 Å². The van der Waals surface area contributed by atoms with Gasteiger partial charge in [0.15, 0.2) is 0 Å². The third-order valence-corrected chi connectivity index (χ3v) is 3.78. The van der Waals surface area contributed by atoms with Crippen molar-refractivity contribution in [3.63, 3.8) is 0 Å². The van der Waals surface area contributed by atoms with Crippen molar-refractivity contribution in [3.8, 4) is 0 Å². The lowest BCUT2D eigenvalue weighted by Crippen LogP contribution is -2.46. The van der Waals surface area contributed by atoms with Crippen LogP contribution in [0.4, 0.5) is 8.78 Å². The highest BCUT2D eigenvalue weighted by Crippen LogP contribution is 2.39. The summed E-state index contributed by atoms with van der Waals surface area (Å²) in [5.41, 5.74) is -0.327. The molecule has 2 atom stereocenters. The number of carboxylic acid groups (broad SMARTS) is 1. The van der Waals surface area contributed by atoms with Crippen LogP contribution in [0.3, 0.4) is 0 Å². The third-order valence-electron chi connectivity index (χ3n) is 3.78.